The SMILES string of the molecule is C1CCOC1.C=C(C)C(=O)OCCC[Si](OC)(OC)OC. The molecule has 0 bridgehead atoms. The van der Waals surface area contributed by atoms with Crippen molar-refractivity contribution in [1.82, 2.24) is 0 Å². The van der Waals surface area contributed by atoms with Gasteiger partial charge >= 0.3 is 14.8 Å². The van der Waals surface area contributed by atoms with Gasteiger partial charge < -0.3 is 22.8 Å². The molecule has 0 atom stereocenters. The summed E-state index contributed by atoms with van der Waals surface area (Å²) in [6, 6.07) is 0.611. The third-order valence-electron chi connectivity index (χ3n) is 2.97. The van der Waals surface area contributed by atoms with Crippen LogP contribution >= 0.6 is 0 Å². The van der Waals surface area contributed by atoms with Crippen LogP contribution in [0.2, 0.25) is 6.04 Å². The summed E-state index contributed by atoms with van der Waals surface area (Å²) in [4.78, 5) is 11.1. The number of ether oxygens (including phenoxy) is 2. The van der Waals surface area contributed by atoms with Gasteiger partial charge in [0.1, 0.15) is 0 Å². The average molecular weight is 320 g/mol. The van der Waals surface area contributed by atoms with Crippen LogP contribution in [0.4, 0.5) is 0 Å². The molecular formula is C14H28O6Si. The molecule has 0 N–H and O–H groups in total. The van der Waals surface area contributed by atoms with E-state index in [-0.39, 0.29) is 5.97 Å². The summed E-state index contributed by atoms with van der Waals surface area (Å²) in [6.45, 7) is 7.42. The molecule has 0 unspecified atom stereocenters. The number of rotatable bonds is 8. The molecule has 1 fully saturated rings. The zero-order chi connectivity index (χ0) is 16.1. The topological polar surface area (TPSA) is 63.2 Å². The van der Waals surface area contributed by atoms with Gasteiger partial charge in [0.2, 0.25) is 0 Å². The summed E-state index contributed by atoms with van der Waals surface area (Å²) in [5.74, 6) is -0.375. The van der Waals surface area contributed by atoms with Crippen LogP contribution in [0.25, 0.3) is 0 Å². The molecule has 0 aromatic rings. The first-order valence-electron chi connectivity index (χ1n) is 7.07. The van der Waals surface area contributed by atoms with Crippen molar-refractivity contribution in [3.05, 3.63) is 12.2 Å². The molecule has 1 saturated heterocycles. The van der Waals surface area contributed by atoms with Gasteiger partial charge in [-0.25, -0.2) is 4.79 Å². The van der Waals surface area contributed by atoms with Crippen LogP contribution in [0.1, 0.15) is 26.2 Å². The van der Waals surface area contributed by atoms with Crippen LogP contribution < -0.4 is 0 Å². The molecule has 0 aromatic carbocycles. The summed E-state index contributed by atoms with van der Waals surface area (Å²) in [5.41, 5.74) is 0.397. The van der Waals surface area contributed by atoms with Gasteiger partial charge in [0.15, 0.2) is 0 Å². The van der Waals surface area contributed by atoms with E-state index in [2.05, 4.69) is 6.58 Å². The summed E-state index contributed by atoms with van der Waals surface area (Å²) in [6.07, 6.45) is 3.20. The van der Waals surface area contributed by atoms with Crippen molar-refractivity contribution in [2.45, 2.75) is 32.2 Å². The highest BCUT2D eigenvalue weighted by Crippen LogP contribution is 2.14. The van der Waals surface area contributed by atoms with Gasteiger partial charge in [-0.3, -0.25) is 0 Å². The molecule has 6 nitrogen and oxygen atoms in total. The van der Waals surface area contributed by atoms with E-state index in [4.69, 9.17) is 22.8 Å². The molecule has 21 heavy (non-hydrogen) atoms. The van der Waals surface area contributed by atoms with Gasteiger partial charge in [-0.05, 0) is 26.2 Å². The van der Waals surface area contributed by atoms with Crippen molar-refractivity contribution in [3.8, 4) is 0 Å². The Morgan fingerprint density at radius 2 is 1.67 bits per heavy atom. The van der Waals surface area contributed by atoms with Crippen molar-refractivity contribution in [2.24, 2.45) is 0 Å². The van der Waals surface area contributed by atoms with Crippen LogP contribution in [-0.2, 0) is 27.5 Å². The van der Waals surface area contributed by atoms with Crippen LogP contribution in [0.3, 0.4) is 0 Å². The molecule has 1 aliphatic rings. The molecule has 1 heterocycles. The lowest BCUT2D eigenvalue weighted by atomic mass is 10.4. The number of hydrogen-bond donors (Lipinski definition) is 0. The van der Waals surface area contributed by atoms with Gasteiger partial charge in [-0.1, -0.05) is 6.58 Å². The Labute approximate surface area is 128 Å². The van der Waals surface area contributed by atoms with Gasteiger partial charge in [0, 0.05) is 46.2 Å². The third kappa shape index (κ3) is 9.00. The van der Waals surface area contributed by atoms with Crippen LogP contribution in [-0.4, -0.2) is 55.9 Å². The fraction of sp³-hybridized carbons (Fsp3) is 0.786. The number of carbonyl (C=O) groups excluding carboxylic acids is 1. The minimum atomic E-state index is -2.53. The van der Waals surface area contributed by atoms with Crippen molar-refractivity contribution >= 4 is 14.8 Å². The normalized spacial score (nSPS) is 14.3. The van der Waals surface area contributed by atoms with E-state index < -0.39 is 8.80 Å². The lowest BCUT2D eigenvalue weighted by molar-refractivity contribution is -0.139. The molecule has 1 rings (SSSR count). The second kappa shape index (κ2) is 11.9. The molecule has 1 aliphatic heterocycles. The maximum absolute atomic E-state index is 11.1. The van der Waals surface area contributed by atoms with Crippen molar-refractivity contribution in [1.29, 1.82) is 0 Å². The van der Waals surface area contributed by atoms with Gasteiger partial charge in [-0.15, -0.1) is 0 Å². The highest BCUT2D eigenvalue weighted by molar-refractivity contribution is 6.60. The number of esters is 1. The first-order valence-corrected chi connectivity index (χ1v) is 9.00. The Morgan fingerprint density at radius 1 is 1.14 bits per heavy atom. The lowest BCUT2D eigenvalue weighted by Gasteiger charge is -2.24. The standard InChI is InChI=1S/C10H20O5Si.C4H8O/c1-9(2)10(11)15-7-6-8-16(12-3,13-4)14-5;1-2-4-5-3-1/h1,6-8H2,2-5H3;1-4H2. The zero-order valence-corrected chi connectivity index (χ0v) is 14.6. The Bertz CT molecular complexity index is 284. The highest BCUT2D eigenvalue weighted by Gasteiger charge is 2.36. The second-order valence-corrected chi connectivity index (χ2v) is 7.73. The van der Waals surface area contributed by atoms with Crippen LogP contribution in [0.5, 0.6) is 0 Å². The van der Waals surface area contributed by atoms with Crippen LogP contribution in [0.15, 0.2) is 12.2 Å². The van der Waals surface area contributed by atoms with Gasteiger partial charge in [0.25, 0.3) is 0 Å². The highest BCUT2D eigenvalue weighted by atomic mass is 28.4. The average Bonchev–Trinajstić information content (AvgIpc) is 3.07. The van der Waals surface area contributed by atoms with Crippen LogP contribution in [0, 0.1) is 0 Å². The summed E-state index contributed by atoms with van der Waals surface area (Å²) >= 11 is 0. The largest absolute Gasteiger partial charge is 0.500 e. The quantitative estimate of drug-likeness (QED) is 0.296. The molecule has 0 aliphatic carbocycles. The van der Waals surface area contributed by atoms with E-state index in [0.717, 1.165) is 13.2 Å². The van der Waals surface area contributed by atoms with E-state index in [1.165, 1.54) is 12.8 Å². The van der Waals surface area contributed by atoms with Gasteiger partial charge in [-0.2, -0.15) is 0 Å². The van der Waals surface area contributed by atoms with E-state index in [1.807, 2.05) is 0 Å². The minimum Gasteiger partial charge on any atom is -0.462 e. The van der Waals surface area contributed by atoms with Gasteiger partial charge in [0.05, 0.1) is 6.61 Å². The van der Waals surface area contributed by atoms with E-state index in [9.17, 15) is 4.79 Å². The van der Waals surface area contributed by atoms with Crippen molar-refractivity contribution < 1.29 is 27.5 Å². The predicted molar refractivity (Wildman–Crippen MR) is 82.0 cm³/mol. The maximum Gasteiger partial charge on any atom is 0.500 e. The lowest BCUT2D eigenvalue weighted by Crippen LogP contribution is -2.42. The Hall–Kier alpha value is -0.733. The first-order chi connectivity index (χ1) is 10.0. The minimum absolute atomic E-state index is 0.316. The Morgan fingerprint density at radius 3 is 2.00 bits per heavy atom. The summed E-state index contributed by atoms with van der Waals surface area (Å²) in [5, 5.41) is 0. The first kappa shape index (κ1) is 20.3. The molecule has 0 radical (unpaired) electrons. The van der Waals surface area contributed by atoms with Crippen molar-refractivity contribution in [2.75, 3.05) is 41.2 Å². The Kier molecular flexibility index (Phi) is 11.5. The second-order valence-electron chi connectivity index (χ2n) is 4.63. The molecule has 124 valence electrons. The van der Waals surface area contributed by atoms with E-state index in [1.54, 1.807) is 28.3 Å². The van der Waals surface area contributed by atoms with Crippen molar-refractivity contribution in [3.63, 3.8) is 0 Å². The monoisotopic (exact) mass is 320 g/mol. The predicted octanol–water partition coefficient (Wildman–Crippen LogP) is 2.17. The third-order valence-corrected chi connectivity index (χ3v) is 5.80. The maximum atomic E-state index is 11.1. The molecule has 7 heteroatoms. The molecule has 0 saturated carbocycles. The molecular weight excluding hydrogens is 292 g/mol. The van der Waals surface area contributed by atoms with E-state index in [0.29, 0.717) is 24.6 Å². The zero-order valence-electron chi connectivity index (χ0n) is 13.6. The molecule has 0 spiro atoms. The molecule has 0 amide bonds. The fourth-order valence-corrected chi connectivity index (χ4v) is 3.33. The van der Waals surface area contributed by atoms with E-state index >= 15 is 0 Å². The smallest absolute Gasteiger partial charge is 0.462 e. The fourth-order valence-electron chi connectivity index (χ4n) is 1.64. The number of hydrogen-bond acceptors (Lipinski definition) is 6. The Balaban J connectivity index is 0.000000662. The summed E-state index contributed by atoms with van der Waals surface area (Å²) in [7, 11) is 2.13. The molecule has 0 aromatic heterocycles. The summed E-state index contributed by atoms with van der Waals surface area (Å²) < 4.78 is 25.6. The number of carbonyl (C=O) groups is 1.